The van der Waals surface area contributed by atoms with Gasteiger partial charge >= 0.3 is 0 Å². The summed E-state index contributed by atoms with van der Waals surface area (Å²) in [5, 5.41) is 9.27. The van der Waals surface area contributed by atoms with Crippen molar-refractivity contribution in [3.05, 3.63) is 59.9 Å². The molecule has 6 nitrogen and oxygen atoms in total. The smallest absolute Gasteiger partial charge is 0.226 e. The lowest BCUT2D eigenvalue weighted by Crippen LogP contribution is -2.41. The predicted octanol–water partition coefficient (Wildman–Crippen LogP) is 3.94. The third-order valence-corrected chi connectivity index (χ3v) is 4.23. The van der Waals surface area contributed by atoms with Crippen LogP contribution in [0.25, 0.3) is 0 Å². The molecule has 0 aliphatic rings. The van der Waals surface area contributed by atoms with Crippen molar-refractivity contribution in [2.75, 3.05) is 18.4 Å². The molecule has 0 aliphatic heterocycles. The maximum Gasteiger partial charge on any atom is 0.226 e. The summed E-state index contributed by atoms with van der Waals surface area (Å²) in [6, 6.07) is 14.0. The molecule has 162 valence electrons. The number of nitrogens with one attached hydrogen (secondary N) is 3. The monoisotopic (exact) mass is 414 g/mol. The van der Waals surface area contributed by atoms with Gasteiger partial charge < -0.3 is 20.7 Å². The Morgan fingerprint density at radius 1 is 1.07 bits per heavy atom. The second-order valence-corrected chi connectivity index (χ2v) is 7.28. The molecule has 2 rings (SSSR count). The van der Waals surface area contributed by atoms with E-state index in [0.29, 0.717) is 25.6 Å². The second kappa shape index (κ2) is 11.8. The van der Waals surface area contributed by atoms with Crippen LogP contribution < -0.4 is 20.7 Å². The van der Waals surface area contributed by atoms with Crippen molar-refractivity contribution >= 4 is 17.6 Å². The van der Waals surface area contributed by atoms with Crippen LogP contribution in [0.3, 0.4) is 0 Å². The highest BCUT2D eigenvalue weighted by Crippen LogP contribution is 2.16. The van der Waals surface area contributed by atoms with Crippen LogP contribution in [0, 0.1) is 11.7 Å². The number of para-hydroxylation sites is 1. The van der Waals surface area contributed by atoms with Crippen molar-refractivity contribution in [1.82, 2.24) is 10.6 Å². The van der Waals surface area contributed by atoms with E-state index in [1.54, 1.807) is 18.2 Å². The van der Waals surface area contributed by atoms with Gasteiger partial charge in [-0.15, -0.1) is 0 Å². The number of hydrogen-bond donors (Lipinski definition) is 3. The van der Waals surface area contributed by atoms with Crippen LogP contribution in [0.15, 0.2) is 53.5 Å². The highest BCUT2D eigenvalue weighted by Gasteiger charge is 2.09. The summed E-state index contributed by atoms with van der Waals surface area (Å²) >= 11 is 0. The molecule has 30 heavy (non-hydrogen) atoms. The number of halogens is 1. The fourth-order valence-electron chi connectivity index (χ4n) is 2.53. The number of anilines is 1. The molecular weight excluding hydrogens is 383 g/mol. The molecule has 0 spiro atoms. The molecule has 0 radical (unpaired) electrons. The summed E-state index contributed by atoms with van der Waals surface area (Å²) in [6.07, 6.45) is -0.241. The van der Waals surface area contributed by atoms with Crippen LogP contribution in [-0.2, 0) is 11.3 Å². The van der Waals surface area contributed by atoms with E-state index in [-0.39, 0.29) is 29.5 Å². The number of guanidine groups is 1. The summed E-state index contributed by atoms with van der Waals surface area (Å²) in [5.41, 5.74) is 1.79. The Labute approximate surface area is 177 Å². The summed E-state index contributed by atoms with van der Waals surface area (Å²) in [4.78, 5) is 16.3. The zero-order valence-corrected chi connectivity index (χ0v) is 18.0. The highest BCUT2D eigenvalue weighted by molar-refractivity contribution is 5.92. The molecule has 1 atom stereocenters. The minimum absolute atomic E-state index is 0.00822. The number of hydrogen-bond acceptors (Lipinski definition) is 3. The van der Waals surface area contributed by atoms with Crippen molar-refractivity contribution < 1.29 is 13.9 Å². The first-order valence-corrected chi connectivity index (χ1v) is 10.2. The molecule has 0 aliphatic carbocycles. The predicted molar refractivity (Wildman–Crippen MR) is 119 cm³/mol. The van der Waals surface area contributed by atoms with Gasteiger partial charge in [0.1, 0.15) is 6.10 Å². The van der Waals surface area contributed by atoms with Crippen LogP contribution in [0.4, 0.5) is 10.1 Å². The van der Waals surface area contributed by atoms with Gasteiger partial charge in [0.2, 0.25) is 5.91 Å². The van der Waals surface area contributed by atoms with Gasteiger partial charge in [-0.2, -0.15) is 0 Å². The van der Waals surface area contributed by atoms with E-state index in [2.05, 4.69) is 20.9 Å². The molecule has 0 saturated heterocycles. The van der Waals surface area contributed by atoms with Gasteiger partial charge in [0.05, 0.1) is 13.1 Å². The number of carbonyl (C=O) groups is 1. The standard InChI is InChI=1S/C23H31FN4O2/c1-5-25-23(26-14-17(4)30-21-9-7-6-8-20(21)24)27-15-18-10-12-19(13-11-18)28-22(29)16(2)3/h6-13,16-17H,5,14-15H2,1-4H3,(H,28,29)(H2,25,26,27). The van der Waals surface area contributed by atoms with E-state index in [1.165, 1.54) is 6.07 Å². The zero-order chi connectivity index (χ0) is 21.9. The normalized spacial score (nSPS) is 12.4. The van der Waals surface area contributed by atoms with Gasteiger partial charge in [-0.1, -0.05) is 38.1 Å². The average molecular weight is 415 g/mol. The molecule has 1 unspecified atom stereocenters. The van der Waals surface area contributed by atoms with E-state index in [9.17, 15) is 9.18 Å². The Balaban J connectivity index is 1.89. The lowest BCUT2D eigenvalue weighted by molar-refractivity contribution is -0.118. The first-order valence-electron chi connectivity index (χ1n) is 10.2. The summed E-state index contributed by atoms with van der Waals surface area (Å²) in [5.74, 6) is 0.439. The molecule has 0 saturated carbocycles. The molecule has 0 bridgehead atoms. The van der Waals surface area contributed by atoms with Gasteiger partial charge in [-0.05, 0) is 43.7 Å². The van der Waals surface area contributed by atoms with Crippen molar-refractivity contribution in [1.29, 1.82) is 0 Å². The van der Waals surface area contributed by atoms with Gasteiger partial charge in [0.25, 0.3) is 0 Å². The van der Waals surface area contributed by atoms with E-state index < -0.39 is 0 Å². The summed E-state index contributed by atoms with van der Waals surface area (Å²) in [7, 11) is 0. The van der Waals surface area contributed by atoms with Crippen molar-refractivity contribution in [2.24, 2.45) is 10.9 Å². The number of rotatable bonds is 9. The molecule has 0 aromatic heterocycles. The number of ether oxygens (including phenoxy) is 1. The topological polar surface area (TPSA) is 74.8 Å². The van der Waals surface area contributed by atoms with Crippen LogP contribution in [0.1, 0.15) is 33.3 Å². The van der Waals surface area contributed by atoms with E-state index >= 15 is 0 Å². The number of aliphatic imine (C=N–C) groups is 1. The van der Waals surface area contributed by atoms with Crippen LogP contribution in [0.5, 0.6) is 5.75 Å². The quantitative estimate of drug-likeness (QED) is 0.429. The maximum atomic E-state index is 13.7. The minimum Gasteiger partial charge on any atom is -0.486 e. The van der Waals surface area contributed by atoms with E-state index in [4.69, 9.17) is 4.74 Å². The van der Waals surface area contributed by atoms with Gasteiger partial charge in [0.15, 0.2) is 17.5 Å². The second-order valence-electron chi connectivity index (χ2n) is 7.28. The van der Waals surface area contributed by atoms with E-state index in [1.807, 2.05) is 52.0 Å². The van der Waals surface area contributed by atoms with Crippen LogP contribution in [0.2, 0.25) is 0 Å². The Bertz CT molecular complexity index is 837. The first kappa shape index (κ1) is 23.2. The fraction of sp³-hybridized carbons (Fsp3) is 0.391. The van der Waals surface area contributed by atoms with Crippen LogP contribution >= 0.6 is 0 Å². The molecule has 1 amide bonds. The third kappa shape index (κ3) is 7.73. The molecular formula is C23H31FN4O2. The van der Waals surface area contributed by atoms with Crippen molar-refractivity contribution in [3.63, 3.8) is 0 Å². The summed E-state index contributed by atoms with van der Waals surface area (Å²) < 4.78 is 19.4. The lowest BCUT2D eigenvalue weighted by Gasteiger charge is -2.18. The Morgan fingerprint density at radius 3 is 2.40 bits per heavy atom. The highest BCUT2D eigenvalue weighted by atomic mass is 19.1. The Hall–Kier alpha value is -3.09. The Kier molecular flexibility index (Phi) is 9.12. The molecule has 2 aromatic carbocycles. The molecule has 7 heteroatoms. The van der Waals surface area contributed by atoms with Gasteiger partial charge in [0, 0.05) is 18.2 Å². The fourth-order valence-corrected chi connectivity index (χ4v) is 2.53. The maximum absolute atomic E-state index is 13.7. The third-order valence-electron chi connectivity index (χ3n) is 4.23. The Morgan fingerprint density at radius 2 is 1.77 bits per heavy atom. The van der Waals surface area contributed by atoms with Crippen molar-refractivity contribution in [3.8, 4) is 5.75 Å². The van der Waals surface area contributed by atoms with Gasteiger partial charge in [-0.3, -0.25) is 4.79 Å². The number of benzene rings is 2. The molecule has 0 heterocycles. The van der Waals surface area contributed by atoms with Crippen LogP contribution in [-0.4, -0.2) is 31.1 Å². The largest absolute Gasteiger partial charge is 0.486 e. The SMILES string of the molecule is CCNC(=NCc1ccc(NC(=O)C(C)C)cc1)NCC(C)Oc1ccccc1F. The van der Waals surface area contributed by atoms with E-state index in [0.717, 1.165) is 11.3 Å². The number of amides is 1. The average Bonchev–Trinajstić information content (AvgIpc) is 2.72. The van der Waals surface area contributed by atoms with Crippen molar-refractivity contribution in [2.45, 2.75) is 40.3 Å². The lowest BCUT2D eigenvalue weighted by atomic mass is 10.2. The zero-order valence-electron chi connectivity index (χ0n) is 18.0. The number of carbonyl (C=O) groups excluding carboxylic acids is 1. The molecule has 0 fully saturated rings. The number of nitrogens with zero attached hydrogens (tertiary/aromatic N) is 1. The minimum atomic E-state index is -0.377. The summed E-state index contributed by atoms with van der Waals surface area (Å²) in [6.45, 7) is 9.24. The first-order chi connectivity index (χ1) is 14.4. The molecule has 3 N–H and O–H groups in total. The molecule has 2 aromatic rings. The van der Waals surface area contributed by atoms with Gasteiger partial charge in [-0.25, -0.2) is 9.38 Å².